The lowest BCUT2D eigenvalue weighted by Gasteiger charge is -2.20. The van der Waals surface area contributed by atoms with Crippen molar-refractivity contribution in [2.45, 2.75) is 12.8 Å². The minimum atomic E-state index is 0.263. The molecule has 42 valence electrons. The van der Waals surface area contributed by atoms with Crippen molar-refractivity contribution in [3.63, 3.8) is 0 Å². The summed E-state index contributed by atoms with van der Waals surface area (Å²) in [5.41, 5.74) is 0. The second-order valence-corrected chi connectivity index (χ2v) is 2.11. The summed E-state index contributed by atoms with van der Waals surface area (Å²) in [5.74, 6) is 0.263. The Kier molecular flexibility index (Phi) is 1.68. The van der Waals surface area contributed by atoms with Crippen molar-refractivity contribution in [3.8, 4) is 0 Å². The summed E-state index contributed by atoms with van der Waals surface area (Å²) in [6.07, 6.45) is 1.64. The lowest BCUT2D eigenvalue weighted by molar-refractivity contribution is -0.120. The van der Waals surface area contributed by atoms with E-state index >= 15 is 0 Å². The minimum absolute atomic E-state index is 0.263. The molecule has 0 N–H and O–H groups in total. The number of ketones is 1. The monoisotopic (exact) mass is 109 g/mol. The van der Waals surface area contributed by atoms with Crippen LogP contribution in [0.15, 0.2) is 0 Å². The molecule has 1 aliphatic rings. The van der Waals surface area contributed by atoms with Gasteiger partial charge in [-0.3, -0.25) is 4.79 Å². The topological polar surface area (TPSA) is 20.3 Å². The first kappa shape index (κ1) is 5.82. The van der Waals surface area contributed by atoms with Gasteiger partial charge >= 0.3 is 0 Å². The van der Waals surface area contributed by atoms with Crippen LogP contribution in [0.5, 0.6) is 0 Å². The van der Waals surface area contributed by atoms with E-state index in [4.69, 9.17) is 7.98 Å². The number of carbonyl (C=O) groups excluding carboxylic acids is 1. The van der Waals surface area contributed by atoms with Crippen molar-refractivity contribution >= 4 is 13.8 Å². The van der Waals surface area contributed by atoms with Crippen LogP contribution in [0.4, 0.5) is 0 Å². The zero-order valence-corrected chi connectivity index (χ0v) is 4.76. The van der Waals surface area contributed by atoms with Gasteiger partial charge in [-0.1, -0.05) is 0 Å². The van der Waals surface area contributed by atoms with Crippen LogP contribution in [-0.2, 0) is 4.79 Å². The van der Waals surface area contributed by atoms with E-state index in [9.17, 15) is 4.79 Å². The molecule has 1 heterocycles. The van der Waals surface area contributed by atoms with Crippen molar-refractivity contribution in [1.82, 2.24) is 4.81 Å². The highest BCUT2D eigenvalue weighted by atomic mass is 16.1. The standard InChI is InChI=1S/C5H8BNO/c6-7-3-1-2-5(8)4-7/h1-4H2. The summed E-state index contributed by atoms with van der Waals surface area (Å²) in [5, 5.41) is 0. The third kappa shape index (κ3) is 1.34. The molecule has 0 aromatic carbocycles. The zero-order chi connectivity index (χ0) is 5.98. The van der Waals surface area contributed by atoms with Gasteiger partial charge in [-0.25, -0.2) is 0 Å². The highest BCUT2D eigenvalue weighted by Crippen LogP contribution is 2.00. The summed E-state index contributed by atoms with van der Waals surface area (Å²) in [4.78, 5) is 12.1. The Morgan fingerprint density at radius 1 is 1.62 bits per heavy atom. The summed E-state index contributed by atoms with van der Waals surface area (Å²) < 4.78 is 0. The normalized spacial score (nSPS) is 23.8. The van der Waals surface area contributed by atoms with E-state index < -0.39 is 0 Å². The fourth-order valence-electron chi connectivity index (χ4n) is 0.864. The average Bonchev–Trinajstić information content (AvgIpc) is 1.64. The van der Waals surface area contributed by atoms with Crippen LogP contribution in [0.25, 0.3) is 0 Å². The van der Waals surface area contributed by atoms with Gasteiger partial charge in [0.15, 0.2) is 7.98 Å². The molecule has 1 saturated heterocycles. The molecule has 0 bridgehead atoms. The maximum Gasteiger partial charge on any atom is 0.183 e. The van der Waals surface area contributed by atoms with Gasteiger partial charge in [0.05, 0.1) is 0 Å². The Morgan fingerprint density at radius 3 is 2.75 bits per heavy atom. The van der Waals surface area contributed by atoms with E-state index in [1.165, 1.54) is 0 Å². The first-order valence-electron chi connectivity index (χ1n) is 2.80. The molecule has 0 atom stereocenters. The summed E-state index contributed by atoms with van der Waals surface area (Å²) in [6, 6.07) is 0. The Labute approximate surface area is 50.3 Å². The third-order valence-electron chi connectivity index (χ3n) is 1.28. The van der Waals surface area contributed by atoms with Crippen molar-refractivity contribution in [2.75, 3.05) is 13.1 Å². The maximum atomic E-state index is 10.6. The summed E-state index contributed by atoms with van der Waals surface area (Å²) in [7, 11) is 5.34. The third-order valence-corrected chi connectivity index (χ3v) is 1.28. The molecule has 0 spiro atoms. The van der Waals surface area contributed by atoms with Crippen LogP contribution in [-0.4, -0.2) is 31.7 Å². The second kappa shape index (κ2) is 2.31. The van der Waals surface area contributed by atoms with Crippen LogP contribution in [0.2, 0.25) is 0 Å². The van der Waals surface area contributed by atoms with Crippen LogP contribution in [0.3, 0.4) is 0 Å². The van der Waals surface area contributed by atoms with E-state index in [2.05, 4.69) is 0 Å². The van der Waals surface area contributed by atoms with Gasteiger partial charge < -0.3 is 4.81 Å². The fraction of sp³-hybridized carbons (Fsp3) is 0.800. The van der Waals surface area contributed by atoms with Crippen molar-refractivity contribution in [3.05, 3.63) is 0 Å². The molecule has 1 aliphatic heterocycles. The molecule has 0 aromatic heterocycles. The highest BCUT2D eigenvalue weighted by Gasteiger charge is 2.11. The molecular weight excluding hydrogens is 101 g/mol. The molecule has 0 saturated carbocycles. The van der Waals surface area contributed by atoms with Gasteiger partial charge in [-0.05, 0) is 13.0 Å². The fourth-order valence-corrected chi connectivity index (χ4v) is 0.864. The van der Waals surface area contributed by atoms with Crippen molar-refractivity contribution in [1.29, 1.82) is 0 Å². The number of hydrogen-bond donors (Lipinski definition) is 0. The number of carbonyl (C=O) groups is 1. The van der Waals surface area contributed by atoms with Crippen LogP contribution in [0, 0.1) is 0 Å². The van der Waals surface area contributed by atoms with E-state index in [-0.39, 0.29) is 5.78 Å². The molecule has 3 heteroatoms. The Hall–Kier alpha value is -0.305. The minimum Gasteiger partial charge on any atom is -0.347 e. The first-order valence-corrected chi connectivity index (χ1v) is 2.80. The average molecular weight is 109 g/mol. The van der Waals surface area contributed by atoms with Gasteiger partial charge in [0, 0.05) is 13.0 Å². The predicted octanol–water partition coefficient (Wildman–Crippen LogP) is -0.265. The lowest BCUT2D eigenvalue weighted by Crippen LogP contribution is -2.33. The molecule has 0 aromatic rings. The van der Waals surface area contributed by atoms with E-state index in [1.807, 2.05) is 0 Å². The largest absolute Gasteiger partial charge is 0.347 e. The van der Waals surface area contributed by atoms with E-state index in [1.54, 1.807) is 4.81 Å². The molecule has 2 radical (unpaired) electrons. The van der Waals surface area contributed by atoms with Crippen molar-refractivity contribution < 1.29 is 4.79 Å². The molecule has 0 unspecified atom stereocenters. The predicted molar refractivity (Wildman–Crippen MR) is 31.6 cm³/mol. The van der Waals surface area contributed by atoms with Gasteiger partial charge in [0.2, 0.25) is 0 Å². The van der Waals surface area contributed by atoms with E-state index in [0.717, 1.165) is 13.0 Å². The van der Waals surface area contributed by atoms with Gasteiger partial charge in [0.25, 0.3) is 0 Å². The summed E-state index contributed by atoms with van der Waals surface area (Å²) >= 11 is 0. The zero-order valence-electron chi connectivity index (χ0n) is 4.76. The molecule has 0 amide bonds. The molecule has 0 aliphatic carbocycles. The maximum absolute atomic E-state index is 10.6. The SMILES string of the molecule is [B]N1CCCC(=O)C1. The molecule has 1 rings (SSSR count). The van der Waals surface area contributed by atoms with Crippen LogP contribution < -0.4 is 0 Å². The Balaban J connectivity index is 2.34. The van der Waals surface area contributed by atoms with Gasteiger partial charge in [0.1, 0.15) is 5.78 Å². The number of piperidine rings is 1. The lowest BCUT2D eigenvalue weighted by atomic mass is 10.1. The second-order valence-electron chi connectivity index (χ2n) is 2.11. The number of hydrogen-bond acceptors (Lipinski definition) is 2. The Morgan fingerprint density at radius 2 is 2.38 bits per heavy atom. The van der Waals surface area contributed by atoms with Crippen LogP contribution >= 0.6 is 0 Å². The molecule has 8 heavy (non-hydrogen) atoms. The summed E-state index contributed by atoms with van der Waals surface area (Å²) in [6.45, 7) is 1.31. The van der Waals surface area contributed by atoms with Crippen molar-refractivity contribution in [2.24, 2.45) is 0 Å². The number of Topliss-reactive ketones (excluding diaryl/α,β-unsaturated/α-hetero) is 1. The first-order chi connectivity index (χ1) is 3.79. The number of nitrogens with zero attached hydrogens (tertiary/aromatic N) is 1. The van der Waals surface area contributed by atoms with Crippen LogP contribution in [0.1, 0.15) is 12.8 Å². The highest BCUT2D eigenvalue weighted by molar-refractivity contribution is 6.06. The smallest absolute Gasteiger partial charge is 0.183 e. The molecule has 1 fully saturated rings. The molecule has 2 nitrogen and oxygen atoms in total. The Bertz CT molecular complexity index is 105. The van der Waals surface area contributed by atoms with Gasteiger partial charge in [-0.15, -0.1) is 0 Å². The number of rotatable bonds is 0. The van der Waals surface area contributed by atoms with E-state index in [0.29, 0.717) is 13.0 Å². The molecular formula is C5H8BNO. The quantitative estimate of drug-likeness (QED) is 0.399. The van der Waals surface area contributed by atoms with Gasteiger partial charge in [-0.2, -0.15) is 0 Å².